The minimum atomic E-state index is -0.432. The molecule has 2 aromatic rings. The zero-order valence-corrected chi connectivity index (χ0v) is 14.8. The lowest BCUT2D eigenvalue weighted by atomic mass is 9.96. The van der Waals surface area contributed by atoms with E-state index in [0.29, 0.717) is 17.9 Å². The molecule has 4 rings (SSSR count). The number of hydrogen-bond acceptors (Lipinski definition) is 4. The summed E-state index contributed by atoms with van der Waals surface area (Å²) in [4.78, 5) is 17.2. The molecule has 0 saturated heterocycles. The largest absolute Gasteiger partial charge is 0.489 e. The summed E-state index contributed by atoms with van der Waals surface area (Å²) in [6.07, 6.45) is 7.62. The van der Waals surface area contributed by atoms with Gasteiger partial charge in [0.05, 0.1) is 5.57 Å². The highest BCUT2D eigenvalue weighted by molar-refractivity contribution is 6.29. The standard InChI is InChI=1S/C23H19NO3/c25-23-20(22(24-27-23)18-11-5-2-6-12-18)15-19-13-7-8-14-21(19)26-16-17-9-3-1-4-10-17/h1-6,8-12,14-15H,7,13,16H2. The first-order valence-corrected chi connectivity index (χ1v) is 8.94. The lowest BCUT2D eigenvalue weighted by molar-refractivity contribution is -0.136. The Morgan fingerprint density at radius 2 is 1.78 bits per heavy atom. The zero-order valence-electron chi connectivity index (χ0n) is 14.8. The summed E-state index contributed by atoms with van der Waals surface area (Å²) in [6, 6.07) is 19.6. The Labute approximate surface area is 158 Å². The van der Waals surface area contributed by atoms with Crippen LogP contribution >= 0.6 is 0 Å². The number of rotatable bonds is 5. The Bertz CT molecular complexity index is 954. The maximum absolute atomic E-state index is 12.2. The number of carbonyl (C=O) groups excluding carboxylic acids is 1. The van der Waals surface area contributed by atoms with E-state index in [0.717, 1.165) is 35.3 Å². The third kappa shape index (κ3) is 3.90. The van der Waals surface area contributed by atoms with Crippen molar-refractivity contribution in [2.75, 3.05) is 0 Å². The van der Waals surface area contributed by atoms with E-state index in [-0.39, 0.29) is 0 Å². The molecule has 4 nitrogen and oxygen atoms in total. The van der Waals surface area contributed by atoms with Crippen LogP contribution in [0.15, 0.2) is 101 Å². The molecule has 0 fully saturated rings. The molecule has 0 aromatic heterocycles. The van der Waals surface area contributed by atoms with Crippen molar-refractivity contribution < 1.29 is 14.4 Å². The van der Waals surface area contributed by atoms with E-state index in [1.807, 2.05) is 72.8 Å². The van der Waals surface area contributed by atoms with E-state index < -0.39 is 5.97 Å². The quantitative estimate of drug-likeness (QED) is 0.576. The molecule has 4 heteroatoms. The van der Waals surface area contributed by atoms with E-state index in [1.54, 1.807) is 0 Å². The first kappa shape index (κ1) is 17.0. The van der Waals surface area contributed by atoms with Crippen molar-refractivity contribution >= 4 is 11.7 Å². The lowest BCUT2D eigenvalue weighted by Crippen LogP contribution is -2.08. The fraction of sp³-hybridized carbons (Fsp3) is 0.130. The number of oxime groups is 1. The Balaban J connectivity index is 1.62. The average Bonchev–Trinajstić information content (AvgIpc) is 3.09. The average molecular weight is 357 g/mol. The predicted octanol–water partition coefficient (Wildman–Crippen LogP) is 4.69. The maximum Gasteiger partial charge on any atom is 0.368 e. The zero-order chi connectivity index (χ0) is 18.5. The molecule has 0 atom stereocenters. The number of allylic oxidation sites excluding steroid dienone is 4. The van der Waals surface area contributed by atoms with Crippen LogP contribution in [0, 0.1) is 0 Å². The highest BCUT2D eigenvalue weighted by Gasteiger charge is 2.27. The van der Waals surface area contributed by atoms with E-state index in [2.05, 4.69) is 11.2 Å². The fourth-order valence-electron chi connectivity index (χ4n) is 3.07. The Morgan fingerprint density at radius 3 is 2.56 bits per heavy atom. The first-order valence-electron chi connectivity index (χ1n) is 8.94. The molecule has 2 aromatic carbocycles. The smallest absolute Gasteiger partial charge is 0.368 e. The first-order chi connectivity index (χ1) is 13.3. The molecule has 2 aliphatic rings. The van der Waals surface area contributed by atoms with Gasteiger partial charge in [0, 0.05) is 5.56 Å². The van der Waals surface area contributed by atoms with Gasteiger partial charge in [-0.3, -0.25) is 0 Å². The molecule has 0 amide bonds. The highest BCUT2D eigenvalue weighted by atomic mass is 16.7. The summed E-state index contributed by atoms with van der Waals surface area (Å²) in [5, 5.41) is 3.97. The van der Waals surface area contributed by atoms with Crippen LogP contribution in [0.1, 0.15) is 24.0 Å². The predicted molar refractivity (Wildman–Crippen MR) is 104 cm³/mol. The van der Waals surface area contributed by atoms with Crippen molar-refractivity contribution in [2.45, 2.75) is 19.4 Å². The Morgan fingerprint density at radius 1 is 1.04 bits per heavy atom. The summed E-state index contributed by atoms with van der Waals surface area (Å²) in [5.74, 6) is 0.350. The van der Waals surface area contributed by atoms with Crippen LogP contribution in [0.3, 0.4) is 0 Å². The third-order valence-electron chi connectivity index (χ3n) is 4.46. The molecule has 0 unspecified atom stereocenters. The molecule has 27 heavy (non-hydrogen) atoms. The van der Waals surface area contributed by atoms with E-state index >= 15 is 0 Å². The Hall–Kier alpha value is -3.40. The van der Waals surface area contributed by atoms with Gasteiger partial charge >= 0.3 is 5.97 Å². The number of nitrogens with zero attached hydrogens (tertiary/aromatic N) is 1. The molecule has 0 saturated carbocycles. The molecule has 1 aliphatic heterocycles. The second-order valence-electron chi connectivity index (χ2n) is 6.35. The third-order valence-corrected chi connectivity index (χ3v) is 4.46. The second kappa shape index (κ2) is 7.87. The summed E-state index contributed by atoms with van der Waals surface area (Å²) in [6.45, 7) is 0.483. The molecular weight excluding hydrogens is 338 g/mol. The van der Waals surface area contributed by atoms with Crippen LogP contribution in [0.2, 0.25) is 0 Å². The summed E-state index contributed by atoms with van der Waals surface area (Å²) in [5.41, 5.74) is 3.96. The topological polar surface area (TPSA) is 47.9 Å². The normalized spacial score (nSPS) is 17.9. The number of carbonyl (C=O) groups is 1. The van der Waals surface area contributed by atoms with Crippen molar-refractivity contribution in [1.82, 2.24) is 0 Å². The number of benzene rings is 2. The van der Waals surface area contributed by atoms with Crippen molar-refractivity contribution in [3.63, 3.8) is 0 Å². The fourth-order valence-corrected chi connectivity index (χ4v) is 3.07. The van der Waals surface area contributed by atoms with Gasteiger partial charge in [-0.05, 0) is 36.1 Å². The Kier molecular flexibility index (Phi) is 4.97. The van der Waals surface area contributed by atoms with Gasteiger partial charge in [-0.25, -0.2) is 4.79 Å². The molecule has 134 valence electrons. The number of ether oxygens (including phenoxy) is 1. The molecule has 0 bridgehead atoms. The monoisotopic (exact) mass is 357 g/mol. The molecule has 0 N–H and O–H groups in total. The number of hydrogen-bond donors (Lipinski definition) is 0. The van der Waals surface area contributed by atoms with Gasteiger partial charge in [0.15, 0.2) is 0 Å². The molecule has 1 aliphatic carbocycles. The van der Waals surface area contributed by atoms with Gasteiger partial charge in [0.1, 0.15) is 18.1 Å². The summed E-state index contributed by atoms with van der Waals surface area (Å²) >= 11 is 0. The van der Waals surface area contributed by atoms with Crippen molar-refractivity contribution in [3.8, 4) is 0 Å². The van der Waals surface area contributed by atoms with Gasteiger partial charge in [-0.15, -0.1) is 0 Å². The summed E-state index contributed by atoms with van der Waals surface area (Å²) < 4.78 is 6.02. The molecule has 0 spiro atoms. The van der Waals surface area contributed by atoms with Crippen molar-refractivity contribution in [2.24, 2.45) is 5.16 Å². The van der Waals surface area contributed by atoms with Crippen LogP contribution in [-0.2, 0) is 21.0 Å². The van der Waals surface area contributed by atoms with Gasteiger partial charge in [0.25, 0.3) is 0 Å². The molecular formula is C23H19NO3. The second-order valence-corrected chi connectivity index (χ2v) is 6.35. The minimum Gasteiger partial charge on any atom is -0.489 e. The molecule has 0 radical (unpaired) electrons. The van der Waals surface area contributed by atoms with E-state index in [9.17, 15) is 4.79 Å². The van der Waals surface area contributed by atoms with Crippen molar-refractivity contribution in [1.29, 1.82) is 0 Å². The van der Waals surface area contributed by atoms with Crippen LogP contribution in [0.25, 0.3) is 0 Å². The van der Waals surface area contributed by atoms with E-state index in [4.69, 9.17) is 9.57 Å². The van der Waals surface area contributed by atoms with Crippen LogP contribution in [0.5, 0.6) is 0 Å². The maximum atomic E-state index is 12.2. The van der Waals surface area contributed by atoms with Crippen LogP contribution in [0.4, 0.5) is 0 Å². The lowest BCUT2D eigenvalue weighted by Gasteiger charge is -2.15. The SMILES string of the molecule is O=C1ON=C(c2ccccc2)C1=CC1=C(OCc2ccccc2)C=CCC1. The minimum absolute atomic E-state index is 0.432. The van der Waals surface area contributed by atoms with Crippen LogP contribution in [-0.4, -0.2) is 11.7 Å². The van der Waals surface area contributed by atoms with E-state index in [1.165, 1.54) is 0 Å². The van der Waals surface area contributed by atoms with Gasteiger partial charge < -0.3 is 9.57 Å². The van der Waals surface area contributed by atoms with Crippen LogP contribution < -0.4 is 0 Å². The highest BCUT2D eigenvalue weighted by Crippen LogP contribution is 2.26. The van der Waals surface area contributed by atoms with Gasteiger partial charge in [-0.2, -0.15) is 0 Å². The van der Waals surface area contributed by atoms with Gasteiger partial charge in [-0.1, -0.05) is 71.9 Å². The summed E-state index contributed by atoms with van der Waals surface area (Å²) in [7, 11) is 0. The van der Waals surface area contributed by atoms with Crippen molar-refractivity contribution in [3.05, 3.63) is 107 Å². The van der Waals surface area contributed by atoms with Gasteiger partial charge in [0.2, 0.25) is 0 Å². The molecule has 1 heterocycles.